The minimum Gasteiger partial charge on any atom is -0.508 e. The summed E-state index contributed by atoms with van der Waals surface area (Å²) in [6.45, 7) is 7.05. The summed E-state index contributed by atoms with van der Waals surface area (Å²) in [5, 5.41) is 14.9. The van der Waals surface area contributed by atoms with Crippen LogP contribution in [0.2, 0.25) is 0 Å². The van der Waals surface area contributed by atoms with Crippen molar-refractivity contribution in [2.75, 3.05) is 13.1 Å². The van der Waals surface area contributed by atoms with E-state index < -0.39 is 5.60 Å². The quantitative estimate of drug-likeness (QED) is 0.633. The van der Waals surface area contributed by atoms with Crippen LogP contribution in [0.4, 0.5) is 0 Å². The topological polar surface area (TPSA) is 58.6 Å². The molecule has 0 aliphatic carbocycles. The predicted molar refractivity (Wildman–Crippen MR) is 92.6 cm³/mol. The highest BCUT2D eigenvalue weighted by atomic mass is 16.6. The molecular weight excluding hydrogens is 290 g/mol. The van der Waals surface area contributed by atoms with Crippen molar-refractivity contribution in [1.82, 2.24) is 5.32 Å². The second-order valence-corrected chi connectivity index (χ2v) is 6.70. The van der Waals surface area contributed by atoms with Crippen LogP contribution in [0.1, 0.15) is 32.8 Å². The van der Waals surface area contributed by atoms with Gasteiger partial charge in [0.2, 0.25) is 0 Å². The molecule has 2 aromatic rings. The Kier molecular flexibility index (Phi) is 5.61. The highest BCUT2D eigenvalue weighted by Gasteiger charge is 2.15. The summed E-state index contributed by atoms with van der Waals surface area (Å²) in [5.41, 5.74) is 0.810. The highest BCUT2D eigenvalue weighted by molar-refractivity contribution is 5.84. The number of phenols is 1. The molecule has 4 heteroatoms. The zero-order chi connectivity index (χ0) is 16.9. The van der Waals surface area contributed by atoms with Gasteiger partial charge in [0.25, 0.3) is 0 Å². The van der Waals surface area contributed by atoms with Gasteiger partial charge >= 0.3 is 5.97 Å². The predicted octanol–water partition coefficient (Wildman–Crippen LogP) is 3.41. The largest absolute Gasteiger partial charge is 0.508 e. The molecule has 0 aromatic heterocycles. The van der Waals surface area contributed by atoms with E-state index in [0.717, 1.165) is 23.7 Å². The van der Waals surface area contributed by atoms with Gasteiger partial charge in [-0.2, -0.15) is 0 Å². The molecule has 0 bridgehead atoms. The van der Waals surface area contributed by atoms with E-state index in [-0.39, 0.29) is 11.7 Å². The Morgan fingerprint density at radius 2 is 1.78 bits per heavy atom. The van der Waals surface area contributed by atoms with Crippen molar-refractivity contribution in [2.24, 2.45) is 0 Å². The minimum atomic E-state index is -0.420. The molecule has 0 heterocycles. The lowest BCUT2D eigenvalue weighted by Gasteiger charge is -2.19. The number of hydrogen-bond donors (Lipinski definition) is 2. The van der Waals surface area contributed by atoms with Gasteiger partial charge in [0.1, 0.15) is 11.4 Å². The summed E-state index contributed by atoms with van der Waals surface area (Å²) in [6.07, 6.45) is 1.28. The number of nitrogens with one attached hydrogen (secondary N) is 1. The molecule has 2 N–H and O–H groups in total. The van der Waals surface area contributed by atoms with Crippen LogP contribution < -0.4 is 5.32 Å². The van der Waals surface area contributed by atoms with Gasteiger partial charge in [-0.1, -0.05) is 24.3 Å². The average Bonchev–Trinajstić information content (AvgIpc) is 2.45. The van der Waals surface area contributed by atoms with E-state index in [1.807, 2.05) is 32.9 Å². The van der Waals surface area contributed by atoms with Gasteiger partial charge in [-0.3, -0.25) is 4.79 Å². The number of benzene rings is 2. The maximum absolute atomic E-state index is 11.6. The standard InChI is InChI=1S/C19H25NO3/c1-19(2,3)23-18(22)9-11-20-10-8-14-4-5-16-13-17(21)7-6-15(16)12-14/h4-7,12-13,20-21H,8-11H2,1-3H3. The Morgan fingerprint density at radius 1 is 1.09 bits per heavy atom. The van der Waals surface area contributed by atoms with Crippen molar-refractivity contribution < 1.29 is 14.6 Å². The van der Waals surface area contributed by atoms with Crippen LogP contribution in [0.3, 0.4) is 0 Å². The number of aromatic hydroxyl groups is 1. The van der Waals surface area contributed by atoms with Crippen molar-refractivity contribution in [1.29, 1.82) is 0 Å². The van der Waals surface area contributed by atoms with Crippen LogP contribution in [-0.4, -0.2) is 29.8 Å². The molecule has 0 aliphatic rings. The Hall–Kier alpha value is -2.07. The Balaban J connectivity index is 1.74. The molecule has 0 saturated heterocycles. The van der Waals surface area contributed by atoms with Gasteiger partial charge < -0.3 is 15.2 Å². The van der Waals surface area contributed by atoms with Crippen LogP contribution in [0.5, 0.6) is 5.75 Å². The van der Waals surface area contributed by atoms with Crippen molar-refractivity contribution in [3.63, 3.8) is 0 Å². The first-order valence-electron chi connectivity index (χ1n) is 7.98. The van der Waals surface area contributed by atoms with Gasteiger partial charge in [0, 0.05) is 6.54 Å². The zero-order valence-corrected chi connectivity index (χ0v) is 14.1. The summed E-state index contributed by atoms with van der Waals surface area (Å²) >= 11 is 0. The monoisotopic (exact) mass is 315 g/mol. The normalized spacial score (nSPS) is 11.6. The number of carbonyl (C=O) groups excluding carboxylic acids is 1. The fraction of sp³-hybridized carbons (Fsp3) is 0.421. The third-order valence-corrected chi connectivity index (χ3v) is 3.40. The van der Waals surface area contributed by atoms with E-state index in [9.17, 15) is 9.90 Å². The summed E-state index contributed by atoms with van der Waals surface area (Å²) < 4.78 is 5.26. The first-order valence-corrected chi connectivity index (χ1v) is 7.98. The van der Waals surface area contributed by atoms with Crippen LogP contribution >= 0.6 is 0 Å². The minimum absolute atomic E-state index is 0.171. The lowest BCUT2D eigenvalue weighted by atomic mass is 10.0. The average molecular weight is 315 g/mol. The number of rotatable bonds is 6. The van der Waals surface area contributed by atoms with Crippen LogP contribution in [0.25, 0.3) is 10.8 Å². The highest BCUT2D eigenvalue weighted by Crippen LogP contribution is 2.21. The number of ether oxygens (including phenoxy) is 1. The van der Waals surface area contributed by atoms with Gasteiger partial charge in [-0.05, 0) is 62.2 Å². The van der Waals surface area contributed by atoms with Gasteiger partial charge in [0.05, 0.1) is 6.42 Å². The van der Waals surface area contributed by atoms with E-state index in [2.05, 4.69) is 17.4 Å². The fourth-order valence-corrected chi connectivity index (χ4v) is 2.38. The second kappa shape index (κ2) is 7.47. The van der Waals surface area contributed by atoms with E-state index in [4.69, 9.17) is 4.74 Å². The third-order valence-electron chi connectivity index (χ3n) is 3.40. The van der Waals surface area contributed by atoms with Crippen LogP contribution in [0, 0.1) is 0 Å². The van der Waals surface area contributed by atoms with Crippen molar-refractivity contribution in [2.45, 2.75) is 39.2 Å². The molecule has 0 spiro atoms. The molecular formula is C19H25NO3. The molecule has 124 valence electrons. The van der Waals surface area contributed by atoms with E-state index in [1.54, 1.807) is 12.1 Å². The summed E-state index contributed by atoms with van der Waals surface area (Å²) in [6, 6.07) is 11.6. The second-order valence-electron chi connectivity index (χ2n) is 6.70. The molecule has 2 aromatic carbocycles. The number of hydrogen-bond acceptors (Lipinski definition) is 4. The zero-order valence-electron chi connectivity index (χ0n) is 14.1. The molecule has 23 heavy (non-hydrogen) atoms. The van der Waals surface area contributed by atoms with E-state index in [0.29, 0.717) is 13.0 Å². The van der Waals surface area contributed by atoms with Gasteiger partial charge in [-0.15, -0.1) is 0 Å². The summed E-state index contributed by atoms with van der Waals surface area (Å²) in [5.74, 6) is 0.115. The van der Waals surface area contributed by atoms with E-state index in [1.165, 1.54) is 5.56 Å². The van der Waals surface area contributed by atoms with Gasteiger partial charge in [-0.25, -0.2) is 0 Å². The maximum atomic E-state index is 11.6. The number of carbonyl (C=O) groups is 1. The molecule has 0 amide bonds. The lowest BCUT2D eigenvalue weighted by molar-refractivity contribution is -0.154. The Labute approximate surface area is 137 Å². The molecule has 0 aliphatic heterocycles. The number of phenolic OH excluding ortho intramolecular Hbond substituents is 1. The molecule has 2 rings (SSSR count). The first kappa shape index (κ1) is 17.3. The molecule has 0 unspecified atom stereocenters. The Morgan fingerprint density at radius 3 is 2.52 bits per heavy atom. The summed E-state index contributed by atoms with van der Waals surface area (Å²) in [7, 11) is 0. The Bertz CT molecular complexity index is 674. The SMILES string of the molecule is CC(C)(C)OC(=O)CCNCCc1ccc2cc(O)ccc2c1. The van der Waals surface area contributed by atoms with E-state index >= 15 is 0 Å². The molecule has 0 saturated carbocycles. The number of esters is 1. The van der Waals surface area contributed by atoms with Crippen molar-refractivity contribution in [3.05, 3.63) is 42.0 Å². The van der Waals surface area contributed by atoms with Crippen LogP contribution in [0.15, 0.2) is 36.4 Å². The van der Waals surface area contributed by atoms with Crippen molar-refractivity contribution in [3.8, 4) is 5.75 Å². The molecule has 0 atom stereocenters. The number of fused-ring (bicyclic) bond motifs is 1. The summed E-state index contributed by atoms with van der Waals surface area (Å²) in [4.78, 5) is 11.6. The molecule has 0 radical (unpaired) electrons. The third kappa shape index (κ3) is 5.91. The maximum Gasteiger partial charge on any atom is 0.307 e. The molecule has 0 fully saturated rings. The lowest BCUT2D eigenvalue weighted by Crippen LogP contribution is -2.27. The first-order chi connectivity index (χ1) is 10.8. The van der Waals surface area contributed by atoms with Crippen LogP contribution in [-0.2, 0) is 16.0 Å². The van der Waals surface area contributed by atoms with Gasteiger partial charge in [0.15, 0.2) is 0 Å². The smallest absolute Gasteiger partial charge is 0.307 e. The molecule has 4 nitrogen and oxygen atoms in total. The van der Waals surface area contributed by atoms with Crippen molar-refractivity contribution >= 4 is 16.7 Å². The fourth-order valence-electron chi connectivity index (χ4n) is 2.38.